The second-order valence-electron chi connectivity index (χ2n) is 7.22. The number of benzene rings is 2. The first-order chi connectivity index (χ1) is 13.2. The van der Waals surface area contributed by atoms with E-state index >= 15 is 0 Å². The smallest absolute Gasteiger partial charge is 0.250 e. The third kappa shape index (κ3) is 4.37. The van der Waals surface area contributed by atoms with Gasteiger partial charge in [0.25, 0.3) is 5.91 Å². The fourth-order valence-corrected chi connectivity index (χ4v) is 3.73. The predicted molar refractivity (Wildman–Crippen MR) is 114 cm³/mol. The first-order valence-electron chi connectivity index (χ1n) is 8.73. The summed E-state index contributed by atoms with van der Waals surface area (Å²) < 4.78 is 10.8. The van der Waals surface area contributed by atoms with Crippen LogP contribution in [0.3, 0.4) is 0 Å². The summed E-state index contributed by atoms with van der Waals surface area (Å²) in [5, 5.41) is 7.10. The van der Waals surface area contributed by atoms with E-state index in [0.717, 1.165) is 17.5 Å². The Labute approximate surface area is 174 Å². The van der Waals surface area contributed by atoms with Gasteiger partial charge in [-0.2, -0.15) is 0 Å². The number of amides is 1. The van der Waals surface area contributed by atoms with Crippen molar-refractivity contribution < 1.29 is 14.3 Å². The van der Waals surface area contributed by atoms with Gasteiger partial charge in [-0.15, -0.1) is 0 Å². The lowest BCUT2D eigenvalue weighted by molar-refractivity contribution is -0.111. The molecule has 0 aromatic heterocycles. The van der Waals surface area contributed by atoms with Crippen LogP contribution in [0.25, 0.3) is 5.70 Å². The highest BCUT2D eigenvalue weighted by Crippen LogP contribution is 2.38. The van der Waals surface area contributed by atoms with E-state index in [1.807, 2.05) is 12.1 Å². The van der Waals surface area contributed by atoms with Gasteiger partial charge in [0.05, 0.1) is 24.9 Å². The van der Waals surface area contributed by atoms with Gasteiger partial charge in [0.2, 0.25) is 0 Å². The Morgan fingerprint density at radius 1 is 1.14 bits per heavy atom. The number of halogens is 2. The second-order valence-corrected chi connectivity index (χ2v) is 8.07. The Morgan fingerprint density at radius 3 is 2.46 bits per heavy atom. The van der Waals surface area contributed by atoms with E-state index in [-0.39, 0.29) is 11.4 Å². The van der Waals surface area contributed by atoms with Crippen molar-refractivity contribution in [1.29, 1.82) is 0 Å². The lowest BCUT2D eigenvalue weighted by Crippen LogP contribution is -2.44. The molecule has 0 fully saturated rings. The van der Waals surface area contributed by atoms with E-state index in [1.54, 1.807) is 32.4 Å². The van der Waals surface area contributed by atoms with E-state index in [2.05, 4.69) is 24.5 Å². The molecule has 1 heterocycles. The molecule has 148 valence electrons. The molecule has 3 rings (SSSR count). The van der Waals surface area contributed by atoms with Gasteiger partial charge in [-0.1, -0.05) is 23.2 Å². The zero-order valence-corrected chi connectivity index (χ0v) is 17.7. The standard InChI is InChI=1S/C21H22Cl2N2O3/c1-21(2)11-12-7-18(27-3)19(28-4)9-14(12)17(25-21)10-20(26)24-16-6-5-13(22)8-15(16)23/h5-10,25H,11H2,1-4H3,(H,24,26). The molecule has 0 spiro atoms. The fraction of sp³-hybridized carbons (Fsp3) is 0.286. The van der Waals surface area contributed by atoms with E-state index < -0.39 is 0 Å². The molecule has 0 unspecified atom stereocenters. The number of rotatable bonds is 4. The molecule has 0 saturated carbocycles. The average molecular weight is 421 g/mol. The number of hydrogen-bond donors (Lipinski definition) is 2. The summed E-state index contributed by atoms with van der Waals surface area (Å²) in [6.45, 7) is 4.16. The third-order valence-corrected chi connectivity index (χ3v) is 5.02. The van der Waals surface area contributed by atoms with Gasteiger partial charge in [-0.05, 0) is 56.2 Å². The fourth-order valence-electron chi connectivity index (χ4n) is 3.27. The molecule has 1 amide bonds. The van der Waals surface area contributed by atoms with Crippen LogP contribution >= 0.6 is 23.2 Å². The van der Waals surface area contributed by atoms with Gasteiger partial charge in [0.1, 0.15) is 0 Å². The Hall–Kier alpha value is -2.37. The lowest BCUT2D eigenvalue weighted by Gasteiger charge is -2.36. The van der Waals surface area contributed by atoms with Crippen LogP contribution in [0.2, 0.25) is 10.0 Å². The molecule has 2 N–H and O–H groups in total. The number of anilines is 1. The van der Waals surface area contributed by atoms with Gasteiger partial charge >= 0.3 is 0 Å². The van der Waals surface area contributed by atoms with Gasteiger partial charge in [0, 0.05) is 27.9 Å². The number of hydrogen-bond acceptors (Lipinski definition) is 4. The van der Waals surface area contributed by atoms with E-state index in [9.17, 15) is 4.79 Å². The summed E-state index contributed by atoms with van der Waals surface area (Å²) in [5.41, 5.74) is 2.95. The SMILES string of the molecule is COc1cc2c(cc1OC)C(=CC(=O)Nc1ccc(Cl)cc1Cl)NC(C)(C)C2. The normalized spacial score (nSPS) is 16.1. The van der Waals surface area contributed by atoms with Gasteiger partial charge in [-0.3, -0.25) is 4.79 Å². The van der Waals surface area contributed by atoms with E-state index in [4.69, 9.17) is 32.7 Å². The molecule has 2 aromatic carbocycles. The highest BCUT2D eigenvalue weighted by molar-refractivity contribution is 6.36. The number of carbonyl (C=O) groups is 1. The maximum atomic E-state index is 12.6. The monoisotopic (exact) mass is 420 g/mol. The van der Waals surface area contributed by atoms with Crippen molar-refractivity contribution in [1.82, 2.24) is 5.32 Å². The quantitative estimate of drug-likeness (QED) is 0.689. The summed E-state index contributed by atoms with van der Waals surface area (Å²) in [5.74, 6) is 0.968. The number of methoxy groups -OCH3 is 2. The van der Waals surface area contributed by atoms with Crippen molar-refractivity contribution in [2.24, 2.45) is 0 Å². The van der Waals surface area contributed by atoms with E-state index in [1.165, 1.54) is 6.08 Å². The number of nitrogens with one attached hydrogen (secondary N) is 2. The molecule has 1 aliphatic heterocycles. The van der Waals surface area contributed by atoms with Crippen LogP contribution in [-0.4, -0.2) is 25.7 Å². The van der Waals surface area contributed by atoms with Gasteiger partial charge in [0.15, 0.2) is 11.5 Å². The molecule has 2 aromatic rings. The van der Waals surface area contributed by atoms with Crippen LogP contribution in [0, 0.1) is 0 Å². The van der Waals surface area contributed by atoms with Crippen LogP contribution < -0.4 is 20.1 Å². The maximum absolute atomic E-state index is 12.6. The minimum Gasteiger partial charge on any atom is -0.493 e. The Bertz CT molecular complexity index is 955. The predicted octanol–water partition coefficient (Wildman–Crippen LogP) is 4.91. The van der Waals surface area contributed by atoms with Crippen molar-refractivity contribution >= 4 is 40.5 Å². The molecular weight excluding hydrogens is 399 g/mol. The molecule has 5 nitrogen and oxygen atoms in total. The minimum atomic E-state index is -0.301. The Kier molecular flexibility index (Phi) is 5.77. The highest BCUT2D eigenvalue weighted by Gasteiger charge is 2.29. The second kappa shape index (κ2) is 7.94. The van der Waals surface area contributed by atoms with Crippen molar-refractivity contribution in [3.63, 3.8) is 0 Å². The minimum absolute atomic E-state index is 0.226. The molecule has 1 aliphatic rings. The molecule has 0 saturated heterocycles. The molecular formula is C21H22Cl2N2O3. The molecule has 7 heteroatoms. The summed E-state index contributed by atoms with van der Waals surface area (Å²) in [4.78, 5) is 12.6. The summed E-state index contributed by atoms with van der Waals surface area (Å²) >= 11 is 12.1. The van der Waals surface area contributed by atoms with Crippen LogP contribution in [-0.2, 0) is 11.2 Å². The Morgan fingerprint density at radius 2 is 1.82 bits per heavy atom. The van der Waals surface area contributed by atoms with Gasteiger partial charge in [-0.25, -0.2) is 0 Å². The maximum Gasteiger partial charge on any atom is 0.250 e. The Balaban J connectivity index is 1.97. The van der Waals surface area contributed by atoms with Gasteiger partial charge < -0.3 is 20.1 Å². The first kappa shape index (κ1) is 20.4. The zero-order chi connectivity index (χ0) is 20.5. The third-order valence-electron chi connectivity index (χ3n) is 4.47. The zero-order valence-electron chi connectivity index (χ0n) is 16.2. The largest absolute Gasteiger partial charge is 0.493 e. The van der Waals surface area contributed by atoms with Crippen molar-refractivity contribution in [3.8, 4) is 11.5 Å². The molecule has 0 aliphatic carbocycles. The number of ether oxygens (including phenoxy) is 2. The summed E-state index contributed by atoms with van der Waals surface area (Å²) in [6, 6.07) is 8.76. The van der Waals surface area contributed by atoms with Crippen molar-refractivity contribution in [2.45, 2.75) is 25.8 Å². The van der Waals surface area contributed by atoms with Crippen LogP contribution in [0.15, 0.2) is 36.4 Å². The van der Waals surface area contributed by atoms with Crippen LogP contribution in [0.1, 0.15) is 25.0 Å². The average Bonchev–Trinajstić information content (AvgIpc) is 2.62. The van der Waals surface area contributed by atoms with Crippen LogP contribution in [0.5, 0.6) is 11.5 Å². The van der Waals surface area contributed by atoms with Crippen molar-refractivity contribution in [2.75, 3.05) is 19.5 Å². The highest BCUT2D eigenvalue weighted by atomic mass is 35.5. The number of fused-ring (bicyclic) bond motifs is 1. The van der Waals surface area contributed by atoms with Crippen LogP contribution in [0.4, 0.5) is 5.69 Å². The molecule has 28 heavy (non-hydrogen) atoms. The number of carbonyl (C=O) groups excluding carboxylic acids is 1. The molecule has 0 atom stereocenters. The topological polar surface area (TPSA) is 59.6 Å². The first-order valence-corrected chi connectivity index (χ1v) is 9.49. The molecule has 0 radical (unpaired) electrons. The summed E-state index contributed by atoms with van der Waals surface area (Å²) in [6.07, 6.45) is 2.31. The lowest BCUT2D eigenvalue weighted by atomic mass is 9.85. The molecule has 0 bridgehead atoms. The summed E-state index contributed by atoms with van der Waals surface area (Å²) in [7, 11) is 3.19. The van der Waals surface area contributed by atoms with E-state index in [0.29, 0.717) is 32.9 Å². The van der Waals surface area contributed by atoms with Crippen molar-refractivity contribution in [3.05, 3.63) is 57.6 Å².